The number of fused-ring (bicyclic) bond motifs is 1. The van der Waals surface area contributed by atoms with Crippen molar-refractivity contribution in [3.8, 4) is 0 Å². The zero-order valence-corrected chi connectivity index (χ0v) is 19.5. The number of ether oxygens (including phenoxy) is 1. The van der Waals surface area contributed by atoms with Crippen molar-refractivity contribution < 1.29 is 9.53 Å². The highest BCUT2D eigenvalue weighted by Gasteiger charge is 2.16. The Morgan fingerprint density at radius 2 is 2.12 bits per heavy atom. The van der Waals surface area contributed by atoms with E-state index in [-0.39, 0.29) is 17.6 Å². The predicted octanol–water partition coefficient (Wildman–Crippen LogP) is 3.40. The van der Waals surface area contributed by atoms with E-state index in [1.165, 1.54) is 10.1 Å². The lowest BCUT2D eigenvalue weighted by atomic mass is 10.1. The average Bonchev–Trinajstić information content (AvgIpc) is 2.80. The zero-order valence-electron chi connectivity index (χ0n) is 18.7. The van der Waals surface area contributed by atoms with Crippen LogP contribution < -0.4 is 10.9 Å². The quantitative estimate of drug-likeness (QED) is 0.414. The summed E-state index contributed by atoms with van der Waals surface area (Å²) >= 11 is 5.28. The maximum Gasteiger partial charge on any atom is 0.262 e. The van der Waals surface area contributed by atoms with Crippen molar-refractivity contribution in [2.24, 2.45) is 0 Å². The van der Waals surface area contributed by atoms with E-state index in [0.29, 0.717) is 34.3 Å². The molecule has 0 saturated carbocycles. The number of aromatic amines is 1. The largest absolute Gasteiger partial charge is 0.376 e. The van der Waals surface area contributed by atoms with Crippen LogP contribution in [0.25, 0.3) is 10.9 Å². The average molecular weight is 465 g/mol. The molecule has 1 aliphatic rings. The van der Waals surface area contributed by atoms with Gasteiger partial charge in [-0.2, -0.15) is 0 Å². The molecule has 0 bridgehead atoms. The van der Waals surface area contributed by atoms with E-state index < -0.39 is 0 Å². The number of hydrogen-bond donors (Lipinski definition) is 2. The minimum Gasteiger partial charge on any atom is -0.376 e. The predicted molar refractivity (Wildman–Crippen MR) is 132 cm³/mol. The second-order valence-electron chi connectivity index (χ2n) is 8.31. The molecule has 0 radical (unpaired) electrons. The van der Waals surface area contributed by atoms with Crippen LogP contribution in [0.4, 0.5) is 0 Å². The molecule has 172 valence electrons. The summed E-state index contributed by atoms with van der Waals surface area (Å²) in [6, 6.07) is 13.2. The highest BCUT2D eigenvalue weighted by molar-refractivity contribution is 7.71. The molecule has 2 N–H and O–H groups in total. The van der Waals surface area contributed by atoms with Gasteiger partial charge in [-0.1, -0.05) is 30.3 Å². The minimum atomic E-state index is -0.209. The molecule has 4 rings (SSSR count). The van der Waals surface area contributed by atoms with Crippen LogP contribution in [-0.2, 0) is 24.4 Å². The highest BCUT2D eigenvalue weighted by atomic mass is 32.1. The SMILES string of the molecule is C=CCn1c(=S)[nH]c2cc(C(=O)NCc3cccc(CN4CCOC(C)C4)c3)ccc2c1=O. The van der Waals surface area contributed by atoms with Crippen LogP contribution in [0.3, 0.4) is 0 Å². The standard InChI is InChI=1S/C25H28N4O3S/c1-3-9-29-24(31)21-8-7-20(13-22(21)27-25(29)33)23(30)26-14-18-5-4-6-19(12-18)16-28-10-11-32-17(2)15-28/h3-8,12-13,17H,1,9-11,14-16H2,2H3,(H,26,30)(H,27,33). The van der Waals surface area contributed by atoms with Crippen molar-refractivity contribution >= 4 is 29.0 Å². The lowest BCUT2D eigenvalue weighted by Gasteiger charge is -2.31. The van der Waals surface area contributed by atoms with Gasteiger partial charge in [-0.3, -0.25) is 19.1 Å². The van der Waals surface area contributed by atoms with E-state index in [4.69, 9.17) is 17.0 Å². The second-order valence-corrected chi connectivity index (χ2v) is 8.70. The maximum atomic E-state index is 12.8. The summed E-state index contributed by atoms with van der Waals surface area (Å²) in [5.41, 5.74) is 3.05. The van der Waals surface area contributed by atoms with Crippen LogP contribution in [0.2, 0.25) is 0 Å². The number of nitrogens with zero attached hydrogens (tertiary/aromatic N) is 2. The Balaban J connectivity index is 1.44. The fraction of sp³-hybridized carbons (Fsp3) is 0.320. The van der Waals surface area contributed by atoms with Crippen molar-refractivity contribution in [3.05, 3.63) is 86.9 Å². The number of H-pyrrole nitrogens is 1. The van der Waals surface area contributed by atoms with Crippen molar-refractivity contribution in [3.63, 3.8) is 0 Å². The normalized spacial score (nSPS) is 16.6. The Morgan fingerprint density at radius 1 is 1.30 bits per heavy atom. The molecule has 1 fully saturated rings. The molecule has 0 aliphatic carbocycles. The molecule has 1 aromatic heterocycles. The van der Waals surface area contributed by atoms with Gasteiger partial charge in [0, 0.05) is 38.3 Å². The summed E-state index contributed by atoms with van der Waals surface area (Å²) in [7, 11) is 0. The Morgan fingerprint density at radius 3 is 2.91 bits per heavy atom. The smallest absolute Gasteiger partial charge is 0.262 e. The van der Waals surface area contributed by atoms with Crippen LogP contribution >= 0.6 is 12.2 Å². The summed E-state index contributed by atoms with van der Waals surface area (Å²) in [5.74, 6) is -0.209. The van der Waals surface area contributed by atoms with Gasteiger partial charge in [0.25, 0.3) is 11.5 Å². The monoisotopic (exact) mass is 464 g/mol. The van der Waals surface area contributed by atoms with Gasteiger partial charge in [0.1, 0.15) is 0 Å². The summed E-state index contributed by atoms with van der Waals surface area (Å²) in [6.07, 6.45) is 1.87. The lowest BCUT2D eigenvalue weighted by molar-refractivity contribution is -0.0212. The molecule has 3 aromatic rings. The molecule has 2 heterocycles. The number of nitrogens with one attached hydrogen (secondary N) is 2. The Labute approximate surface area is 197 Å². The number of carbonyl (C=O) groups excluding carboxylic acids is 1. The minimum absolute atomic E-state index is 0.202. The van der Waals surface area contributed by atoms with Gasteiger partial charge >= 0.3 is 0 Å². The molecule has 7 nitrogen and oxygen atoms in total. The van der Waals surface area contributed by atoms with E-state index in [9.17, 15) is 9.59 Å². The van der Waals surface area contributed by atoms with Crippen LogP contribution in [0.15, 0.2) is 59.9 Å². The molecular weight excluding hydrogens is 436 g/mol. The number of hydrogen-bond acceptors (Lipinski definition) is 5. The van der Waals surface area contributed by atoms with E-state index in [0.717, 1.165) is 31.8 Å². The Bertz CT molecular complexity index is 1300. The zero-order chi connectivity index (χ0) is 23.4. The van der Waals surface area contributed by atoms with E-state index in [1.54, 1.807) is 24.3 Å². The number of morpholine rings is 1. The van der Waals surface area contributed by atoms with Gasteiger partial charge in [-0.15, -0.1) is 6.58 Å². The fourth-order valence-corrected chi connectivity index (χ4v) is 4.37. The third-order valence-corrected chi connectivity index (χ3v) is 6.05. The topological polar surface area (TPSA) is 79.4 Å². The number of carbonyl (C=O) groups is 1. The van der Waals surface area contributed by atoms with Gasteiger partial charge < -0.3 is 15.0 Å². The van der Waals surface area contributed by atoms with Gasteiger partial charge in [-0.25, -0.2) is 0 Å². The van der Waals surface area contributed by atoms with Gasteiger partial charge in [0.15, 0.2) is 4.77 Å². The molecule has 1 unspecified atom stereocenters. The lowest BCUT2D eigenvalue weighted by Crippen LogP contribution is -2.40. The van der Waals surface area contributed by atoms with E-state index >= 15 is 0 Å². The molecular formula is C25H28N4O3S. The first kappa shape index (κ1) is 23.1. The van der Waals surface area contributed by atoms with Crippen LogP contribution in [0.1, 0.15) is 28.4 Å². The highest BCUT2D eigenvalue weighted by Crippen LogP contribution is 2.14. The van der Waals surface area contributed by atoms with Crippen LogP contribution in [0.5, 0.6) is 0 Å². The first-order valence-electron chi connectivity index (χ1n) is 11.0. The second kappa shape index (κ2) is 10.2. The molecule has 1 aliphatic heterocycles. The van der Waals surface area contributed by atoms with Crippen molar-refractivity contribution in [1.29, 1.82) is 0 Å². The molecule has 1 amide bonds. The Kier molecular flexibility index (Phi) is 7.17. The summed E-state index contributed by atoms with van der Waals surface area (Å²) in [4.78, 5) is 30.8. The van der Waals surface area contributed by atoms with Crippen LogP contribution in [-0.4, -0.2) is 46.2 Å². The Hall–Kier alpha value is -3.07. The number of amides is 1. The molecule has 8 heteroatoms. The van der Waals surface area contributed by atoms with Crippen LogP contribution in [0, 0.1) is 4.77 Å². The molecule has 2 aromatic carbocycles. The maximum absolute atomic E-state index is 12.8. The summed E-state index contributed by atoms with van der Waals surface area (Å²) in [6.45, 7) is 9.97. The summed E-state index contributed by atoms with van der Waals surface area (Å²) in [5, 5.41) is 3.45. The van der Waals surface area contributed by atoms with E-state index in [1.807, 2.05) is 12.1 Å². The molecule has 1 atom stereocenters. The first-order chi connectivity index (χ1) is 15.9. The number of allylic oxidation sites excluding steroid dienone is 1. The van der Waals surface area contributed by atoms with E-state index in [2.05, 4.69) is 40.8 Å². The van der Waals surface area contributed by atoms with Crippen molar-refractivity contribution in [1.82, 2.24) is 19.8 Å². The first-order valence-corrected chi connectivity index (χ1v) is 11.4. The number of aromatic nitrogens is 2. The van der Waals surface area contributed by atoms with Gasteiger partial charge in [0.2, 0.25) is 0 Å². The number of rotatable bonds is 7. The fourth-order valence-electron chi connectivity index (χ4n) is 4.11. The third kappa shape index (κ3) is 5.47. The number of benzene rings is 2. The van der Waals surface area contributed by atoms with Crippen molar-refractivity contribution in [2.75, 3.05) is 19.7 Å². The van der Waals surface area contributed by atoms with Crippen molar-refractivity contribution in [2.45, 2.75) is 32.7 Å². The third-order valence-electron chi connectivity index (χ3n) is 5.73. The summed E-state index contributed by atoms with van der Waals surface area (Å²) < 4.78 is 7.36. The molecule has 33 heavy (non-hydrogen) atoms. The molecule has 0 spiro atoms. The van der Waals surface area contributed by atoms with Gasteiger partial charge in [-0.05, 0) is 48.5 Å². The molecule has 1 saturated heterocycles. The van der Waals surface area contributed by atoms with Gasteiger partial charge in [0.05, 0.1) is 23.6 Å².